The molecule has 2 heterocycles. The molecule has 2 amide bonds. The molecule has 1 unspecified atom stereocenters. The number of hydrogen-bond acceptors (Lipinski definition) is 3. The van der Waals surface area contributed by atoms with Crippen molar-refractivity contribution in [1.29, 1.82) is 0 Å². The van der Waals surface area contributed by atoms with E-state index in [0.717, 1.165) is 22.5 Å². The maximum atomic E-state index is 12.0. The maximum absolute atomic E-state index is 12.0. The van der Waals surface area contributed by atoms with E-state index in [4.69, 9.17) is 0 Å². The first-order valence-corrected chi connectivity index (χ1v) is 7.38. The molecule has 1 aromatic rings. The number of rotatable bonds is 2. The van der Waals surface area contributed by atoms with E-state index in [-0.39, 0.29) is 17.7 Å². The van der Waals surface area contributed by atoms with E-state index in [2.05, 4.69) is 15.8 Å². The van der Waals surface area contributed by atoms with Crippen LogP contribution in [-0.4, -0.2) is 17.5 Å². The van der Waals surface area contributed by atoms with E-state index in [1.165, 1.54) is 0 Å². The molecule has 1 aromatic carbocycles. The van der Waals surface area contributed by atoms with E-state index >= 15 is 0 Å². The number of carbonyl (C=O) groups is 2. The molecule has 5 heteroatoms. The minimum atomic E-state index is -0.511. The van der Waals surface area contributed by atoms with E-state index in [1.54, 1.807) is 0 Å². The van der Waals surface area contributed by atoms with Gasteiger partial charge in [0.1, 0.15) is 0 Å². The van der Waals surface area contributed by atoms with Crippen molar-refractivity contribution >= 4 is 29.3 Å². The fourth-order valence-corrected chi connectivity index (χ4v) is 2.74. The summed E-state index contributed by atoms with van der Waals surface area (Å²) in [6, 6.07) is 5.91. The quantitative estimate of drug-likeness (QED) is 0.880. The van der Waals surface area contributed by atoms with Gasteiger partial charge in [0.25, 0.3) is 0 Å². The molecule has 0 saturated heterocycles. The zero-order chi connectivity index (χ0) is 15.9. The minimum Gasteiger partial charge on any atom is -0.325 e. The molecule has 114 valence electrons. The highest BCUT2D eigenvalue weighted by molar-refractivity contribution is 6.06. The monoisotopic (exact) mass is 297 g/mol. The lowest BCUT2D eigenvalue weighted by Gasteiger charge is -2.16. The summed E-state index contributed by atoms with van der Waals surface area (Å²) < 4.78 is 0. The first kappa shape index (κ1) is 14.5. The molecule has 0 radical (unpaired) electrons. The van der Waals surface area contributed by atoms with Gasteiger partial charge >= 0.3 is 0 Å². The number of hydrazone groups is 1. The largest absolute Gasteiger partial charge is 0.325 e. The number of carbonyl (C=O) groups excluding carboxylic acids is 2. The Balaban J connectivity index is 1.86. The van der Waals surface area contributed by atoms with Gasteiger partial charge in [-0.25, -0.2) is 5.43 Å². The third-order valence-corrected chi connectivity index (χ3v) is 4.29. The molecule has 2 aliphatic heterocycles. The molecule has 0 fully saturated rings. The minimum absolute atomic E-state index is 0.0246. The number of anilines is 1. The summed E-state index contributed by atoms with van der Waals surface area (Å²) in [5, 5.41) is 6.98. The molecule has 0 aromatic heterocycles. The Labute approximate surface area is 129 Å². The first-order chi connectivity index (χ1) is 10.4. The average Bonchev–Trinajstić information content (AvgIpc) is 2.68. The number of hydrogen-bond donors (Lipinski definition) is 2. The van der Waals surface area contributed by atoms with Gasteiger partial charge in [0.05, 0.1) is 11.1 Å². The topological polar surface area (TPSA) is 70.6 Å². The Morgan fingerprint density at radius 3 is 2.77 bits per heavy atom. The summed E-state index contributed by atoms with van der Waals surface area (Å²) in [6.45, 7) is 5.82. The Bertz CT molecular complexity index is 717. The summed E-state index contributed by atoms with van der Waals surface area (Å²) in [4.78, 5) is 23.2. The second-order valence-corrected chi connectivity index (χ2v) is 6.39. The number of benzene rings is 1. The van der Waals surface area contributed by atoms with Crippen LogP contribution >= 0.6 is 0 Å². The smallest absolute Gasteiger partial charge is 0.240 e. The van der Waals surface area contributed by atoms with Gasteiger partial charge in [0, 0.05) is 18.0 Å². The molecule has 22 heavy (non-hydrogen) atoms. The highest BCUT2D eigenvalue weighted by atomic mass is 16.2. The Morgan fingerprint density at radius 1 is 1.27 bits per heavy atom. The van der Waals surface area contributed by atoms with E-state index in [1.807, 2.05) is 51.1 Å². The Kier molecular flexibility index (Phi) is 3.35. The molecule has 5 nitrogen and oxygen atoms in total. The van der Waals surface area contributed by atoms with Crippen molar-refractivity contribution in [2.45, 2.75) is 32.6 Å². The predicted octanol–water partition coefficient (Wildman–Crippen LogP) is 2.44. The number of allylic oxidation sites excluding steroid dienone is 1. The molecule has 0 aliphatic carbocycles. The van der Waals surface area contributed by atoms with Crippen LogP contribution in [0.5, 0.6) is 0 Å². The number of amides is 2. The fraction of sp³-hybridized carbons (Fsp3) is 0.353. The molecule has 3 rings (SSSR count). The van der Waals surface area contributed by atoms with Crippen molar-refractivity contribution in [2.24, 2.45) is 11.0 Å². The van der Waals surface area contributed by atoms with Crippen LogP contribution in [0.2, 0.25) is 0 Å². The second kappa shape index (κ2) is 5.09. The molecule has 0 spiro atoms. The third-order valence-electron chi connectivity index (χ3n) is 4.29. The third kappa shape index (κ3) is 2.43. The van der Waals surface area contributed by atoms with Gasteiger partial charge in [-0.1, -0.05) is 19.1 Å². The van der Waals surface area contributed by atoms with Crippen LogP contribution in [0.3, 0.4) is 0 Å². The highest BCUT2D eigenvalue weighted by Crippen LogP contribution is 2.37. The SMILES string of the molecule is CC1CC(=O)NN=C1C=Cc1ccc2c(c1)C(C)(C)C(=O)N2. The van der Waals surface area contributed by atoms with Gasteiger partial charge in [0.15, 0.2) is 0 Å². The normalized spacial score (nSPS) is 23.0. The van der Waals surface area contributed by atoms with Gasteiger partial charge in [-0.3, -0.25) is 9.59 Å². The van der Waals surface area contributed by atoms with Gasteiger partial charge in [-0.15, -0.1) is 0 Å². The average molecular weight is 297 g/mol. The van der Waals surface area contributed by atoms with E-state index in [9.17, 15) is 9.59 Å². The molecule has 1 atom stereocenters. The van der Waals surface area contributed by atoms with Crippen molar-refractivity contribution in [3.05, 3.63) is 35.4 Å². The van der Waals surface area contributed by atoms with Gasteiger partial charge in [-0.05, 0) is 43.2 Å². The molecule has 2 N–H and O–H groups in total. The lowest BCUT2D eigenvalue weighted by atomic mass is 9.85. The summed E-state index contributed by atoms with van der Waals surface area (Å²) in [7, 11) is 0. The summed E-state index contributed by atoms with van der Waals surface area (Å²) >= 11 is 0. The fourth-order valence-electron chi connectivity index (χ4n) is 2.74. The molecule has 2 aliphatic rings. The van der Waals surface area contributed by atoms with Crippen molar-refractivity contribution in [3.63, 3.8) is 0 Å². The molecule has 0 saturated carbocycles. The highest BCUT2D eigenvalue weighted by Gasteiger charge is 2.38. The predicted molar refractivity (Wildman–Crippen MR) is 86.5 cm³/mol. The molecular weight excluding hydrogens is 278 g/mol. The summed E-state index contributed by atoms with van der Waals surface area (Å²) in [5.74, 6) is 0.0873. The maximum Gasteiger partial charge on any atom is 0.240 e. The first-order valence-electron chi connectivity index (χ1n) is 7.38. The number of nitrogens with zero attached hydrogens (tertiary/aromatic N) is 1. The zero-order valence-corrected chi connectivity index (χ0v) is 12.9. The van der Waals surface area contributed by atoms with Crippen molar-refractivity contribution < 1.29 is 9.59 Å². The van der Waals surface area contributed by atoms with Crippen LogP contribution in [-0.2, 0) is 15.0 Å². The summed E-state index contributed by atoms with van der Waals surface area (Å²) in [6.07, 6.45) is 4.34. The van der Waals surface area contributed by atoms with Gasteiger partial charge in [-0.2, -0.15) is 5.10 Å². The van der Waals surface area contributed by atoms with Gasteiger partial charge < -0.3 is 5.32 Å². The Morgan fingerprint density at radius 2 is 2.05 bits per heavy atom. The van der Waals surface area contributed by atoms with Crippen molar-refractivity contribution in [3.8, 4) is 0 Å². The van der Waals surface area contributed by atoms with Crippen LogP contribution in [0.1, 0.15) is 38.3 Å². The van der Waals surface area contributed by atoms with Crippen LogP contribution in [0.4, 0.5) is 5.69 Å². The number of fused-ring (bicyclic) bond motifs is 1. The van der Waals surface area contributed by atoms with Crippen molar-refractivity contribution in [2.75, 3.05) is 5.32 Å². The standard InChI is InChI=1S/C17H19N3O2/c1-10-8-15(21)20-19-13(10)6-4-11-5-7-14-12(9-11)17(2,3)16(22)18-14/h4-7,9-10H,8H2,1-3H3,(H,18,22)(H,20,21). The summed E-state index contributed by atoms with van der Waals surface area (Å²) in [5.41, 5.74) is 5.74. The lowest BCUT2D eigenvalue weighted by molar-refractivity contribution is -0.122. The molecule has 0 bridgehead atoms. The van der Waals surface area contributed by atoms with Crippen LogP contribution < -0.4 is 10.7 Å². The van der Waals surface area contributed by atoms with E-state index in [0.29, 0.717) is 6.42 Å². The van der Waals surface area contributed by atoms with Gasteiger partial charge in [0.2, 0.25) is 11.8 Å². The van der Waals surface area contributed by atoms with Crippen LogP contribution in [0, 0.1) is 5.92 Å². The molecular formula is C17H19N3O2. The Hall–Kier alpha value is -2.43. The van der Waals surface area contributed by atoms with Crippen molar-refractivity contribution in [1.82, 2.24) is 5.43 Å². The lowest BCUT2D eigenvalue weighted by Crippen LogP contribution is -2.30. The second-order valence-electron chi connectivity index (χ2n) is 6.39. The van der Waals surface area contributed by atoms with Crippen LogP contribution in [0.25, 0.3) is 6.08 Å². The zero-order valence-electron chi connectivity index (χ0n) is 12.9. The number of nitrogens with one attached hydrogen (secondary N) is 2. The van der Waals surface area contributed by atoms with Crippen LogP contribution in [0.15, 0.2) is 29.4 Å². The van der Waals surface area contributed by atoms with E-state index < -0.39 is 5.41 Å².